The largest absolute Gasteiger partial charge is 0.496 e. The lowest BCUT2D eigenvalue weighted by Gasteiger charge is -2.43. The minimum Gasteiger partial charge on any atom is -0.496 e. The molecule has 3 aromatic carbocycles. The molecule has 6 rings (SSSR count). The molecule has 0 heterocycles. The maximum Gasteiger partial charge on any atom is 0.123 e. The van der Waals surface area contributed by atoms with Crippen molar-refractivity contribution < 1.29 is 14.2 Å². The van der Waals surface area contributed by atoms with E-state index < -0.39 is 0 Å². The monoisotopic (exact) mass is 344 g/mol. The van der Waals surface area contributed by atoms with Gasteiger partial charge in [0.2, 0.25) is 0 Å². The normalized spacial score (nSPS) is 18.6. The van der Waals surface area contributed by atoms with Crippen molar-refractivity contribution in [3.63, 3.8) is 0 Å². The second kappa shape index (κ2) is 5.53. The quantitative estimate of drug-likeness (QED) is 0.475. The SMILES string of the molecule is COc1cccc2c1C1c3c(OC)cccc3C2c2cccc(OC)c21. The van der Waals surface area contributed by atoms with Gasteiger partial charge in [-0.05, 0) is 34.9 Å². The Labute approximate surface area is 153 Å². The fourth-order valence-corrected chi connectivity index (χ4v) is 4.83. The molecule has 0 radical (unpaired) electrons. The minimum atomic E-state index is 0.0449. The van der Waals surface area contributed by atoms with E-state index in [9.17, 15) is 0 Å². The topological polar surface area (TPSA) is 27.7 Å². The van der Waals surface area contributed by atoms with E-state index in [4.69, 9.17) is 14.2 Å². The molecule has 3 aliphatic carbocycles. The summed E-state index contributed by atoms with van der Waals surface area (Å²) in [5.41, 5.74) is 7.64. The number of methoxy groups -OCH3 is 3. The Bertz CT molecular complexity index is 890. The van der Waals surface area contributed by atoms with Crippen LogP contribution < -0.4 is 14.2 Å². The molecule has 0 unspecified atom stereocenters. The third kappa shape index (κ3) is 1.78. The van der Waals surface area contributed by atoms with Crippen molar-refractivity contribution in [2.24, 2.45) is 0 Å². The first kappa shape index (κ1) is 15.3. The first-order valence-electron chi connectivity index (χ1n) is 8.80. The summed E-state index contributed by atoms with van der Waals surface area (Å²) in [6.45, 7) is 0. The molecule has 0 saturated heterocycles. The zero-order valence-corrected chi connectivity index (χ0v) is 15.1. The van der Waals surface area contributed by atoms with Crippen LogP contribution in [0.3, 0.4) is 0 Å². The van der Waals surface area contributed by atoms with Crippen molar-refractivity contribution in [2.75, 3.05) is 21.3 Å². The van der Waals surface area contributed by atoms with Gasteiger partial charge in [-0.25, -0.2) is 0 Å². The van der Waals surface area contributed by atoms with E-state index in [1.807, 2.05) is 18.2 Å². The molecule has 0 N–H and O–H groups in total. The Balaban J connectivity index is 1.93. The van der Waals surface area contributed by atoms with Gasteiger partial charge in [0.1, 0.15) is 17.2 Å². The molecule has 130 valence electrons. The second-order valence-corrected chi connectivity index (χ2v) is 6.76. The van der Waals surface area contributed by atoms with E-state index in [-0.39, 0.29) is 11.8 Å². The van der Waals surface area contributed by atoms with Crippen LogP contribution >= 0.6 is 0 Å². The highest BCUT2D eigenvalue weighted by Crippen LogP contribution is 2.61. The average molecular weight is 344 g/mol. The van der Waals surface area contributed by atoms with Crippen LogP contribution in [0.15, 0.2) is 54.6 Å². The van der Waals surface area contributed by atoms with E-state index >= 15 is 0 Å². The summed E-state index contributed by atoms with van der Waals surface area (Å²) < 4.78 is 17.3. The van der Waals surface area contributed by atoms with Crippen molar-refractivity contribution in [1.82, 2.24) is 0 Å². The number of ether oxygens (including phenoxy) is 3. The van der Waals surface area contributed by atoms with Crippen molar-refractivity contribution in [3.8, 4) is 17.2 Å². The van der Waals surface area contributed by atoms with Gasteiger partial charge in [-0.2, -0.15) is 0 Å². The molecule has 0 amide bonds. The third-order valence-electron chi connectivity index (χ3n) is 5.76. The summed E-state index contributed by atoms with van der Waals surface area (Å²) >= 11 is 0. The first-order valence-corrected chi connectivity index (χ1v) is 8.80. The Kier molecular flexibility index (Phi) is 3.26. The fourth-order valence-electron chi connectivity index (χ4n) is 4.83. The van der Waals surface area contributed by atoms with Crippen molar-refractivity contribution in [3.05, 3.63) is 88.0 Å². The van der Waals surface area contributed by atoms with Gasteiger partial charge >= 0.3 is 0 Å². The van der Waals surface area contributed by atoms with Gasteiger partial charge < -0.3 is 14.2 Å². The molecule has 3 aromatic rings. The van der Waals surface area contributed by atoms with Crippen LogP contribution in [-0.2, 0) is 0 Å². The molecular formula is C23H20O3. The number of hydrogen-bond donors (Lipinski definition) is 0. The lowest BCUT2D eigenvalue weighted by Crippen LogP contribution is -2.29. The molecule has 26 heavy (non-hydrogen) atoms. The molecule has 2 bridgehead atoms. The molecule has 3 heteroatoms. The van der Waals surface area contributed by atoms with Crippen LogP contribution in [0.1, 0.15) is 45.2 Å². The lowest BCUT2D eigenvalue weighted by atomic mass is 9.60. The molecule has 0 spiro atoms. The number of hydrogen-bond acceptors (Lipinski definition) is 3. The molecule has 0 aliphatic heterocycles. The van der Waals surface area contributed by atoms with Gasteiger partial charge in [-0.1, -0.05) is 36.4 Å². The predicted octanol–water partition coefficient (Wildman–Crippen LogP) is 4.70. The van der Waals surface area contributed by atoms with Gasteiger partial charge in [0, 0.05) is 28.5 Å². The average Bonchev–Trinajstić information content (AvgIpc) is 2.71. The zero-order chi connectivity index (χ0) is 17.8. The smallest absolute Gasteiger partial charge is 0.123 e. The molecule has 0 atom stereocenters. The summed E-state index contributed by atoms with van der Waals surface area (Å²) in [5.74, 6) is 2.98. The van der Waals surface area contributed by atoms with Crippen LogP contribution in [0.2, 0.25) is 0 Å². The molecule has 0 aromatic heterocycles. The Morgan fingerprint density at radius 2 is 0.846 bits per heavy atom. The highest BCUT2D eigenvalue weighted by atomic mass is 16.5. The van der Waals surface area contributed by atoms with Crippen molar-refractivity contribution in [1.29, 1.82) is 0 Å². The minimum absolute atomic E-state index is 0.0449. The Morgan fingerprint density at radius 1 is 0.500 bits per heavy atom. The standard InChI is InChI=1S/C23H20O3/c1-24-16-10-4-7-13-19-14-8-5-11-17(25-2)21(14)23(20(13)16)22-15(19)9-6-12-18(22)26-3/h4-12,19,23H,1-3H3. The van der Waals surface area contributed by atoms with Crippen LogP contribution in [-0.4, -0.2) is 21.3 Å². The van der Waals surface area contributed by atoms with E-state index in [1.165, 1.54) is 33.4 Å². The summed E-state index contributed by atoms with van der Waals surface area (Å²) in [6, 6.07) is 19.0. The summed E-state index contributed by atoms with van der Waals surface area (Å²) in [4.78, 5) is 0. The van der Waals surface area contributed by atoms with Gasteiger partial charge in [0.25, 0.3) is 0 Å². The maximum atomic E-state index is 5.76. The maximum absolute atomic E-state index is 5.76. The Morgan fingerprint density at radius 3 is 1.15 bits per heavy atom. The van der Waals surface area contributed by atoms with Crippen LogP contribution in [0.5, 0.6) is 17.2 Å². The number of benzene rings is 3. The van der Waals surface area contributed by atoms with Gasteiger partial charge in [0.05, 0.1) is 21.3 Å². The van der Waals surface area contributed by atoms with Crippen molar-refractivity contribution >= 4 is 0 Å². The molecule has 3 nitrogen and oxygen atoms in total. The van der Waals surface area contributed by atoms with E-state index in [0.717, 1.165) is 17.2 Å². The molecular weight excluding hydrogens is 324 g/mol. The highest BCUT2D eigenvalue weighted by molar-refractivity contribution is 5.74. The summed E-state index contributed by atoms with van der Waals surface area (Å²) in [5, 5.41) is 0. The summed E-state index contributed by atoms with van der Waals surface area (Å²) in [6.07, 6.45) is 0. The van der Waals surface area contributed by atoms with Gasteiger partial charge in [-0.3, -0.25) is 0 Å². The predicted molar refractivity (Wildman–Crippen MR) is 101 cm³/mol. The lowest BCUT2D eigenvalue weighted by molar-refractivity contribution is 0.389. The summed E-state index contributed by atoms with van der Waals surface area (Å²) in [7, 11) is 5.22. The van der Waals surface area contributed by atoms with E-state index in [0.29, 0.717) is 0 Å². The first-order chi connectivity index (χ1) is 12.8. The third-order valence-corrected chi connectivity index (χ3v) is 5.76. The molecule has 3 aliphatic rings. The van der Waals surface area contributed by atoms with Gasteiger partial charge in [-0.15, -0.1) is 0 Å². The fraction of sp³-hybridized carbons (Fsp3) is 0.217. The number of rotatable bonds is 3. The Hall–Kier alpha value is -2.94. The highest BCUT2D eigenvalue weighted by Gasteiger charge is 2.45. The van der Waals surface area contributed by atoms with Crippen molar-refractivity contribution in [2.45, 2.75) is 11.8 Å². The molecule has 0 saturated carbocycles. The van der Waals surface area contributed by atoms with E-state index in [1.54, 1.807) is 21.3 Å². The second-order valence-electron chi connectivity index (χ2n) is 6.76. The molecule has 0 fully saturated rings. The zero-order valence-electron chi connectivity index (χ0n) is 15.1. The van der Waals surface area contributed by atoms with Crippen LogP contribution in [0.25, 0.3) is 0 Å². The van der Waals surface area contributed by atoms with E-state index in [2.05, 4.69) is 36.4 Å². The van der Waals surface area contributed by atoms with Gasteiger partial charge in [0.15, 0.2) is 0 Å². The van der Waals surface area contributed by atoms with Crippen LogP contribution in [0.4, 0.5) is 0 Å². The van der Waals surface area contributed by atoms with Crippen LogP contribution in [0, 0.1) is 0 Å².